The van der Waals surface area contributed by atoms with E-state index in [0.717, 1.165) is 13.0 Å². The Kier molecular flexibility index (Phi) is 26.7. The second kappa shape index (κ2) is 27.0. The van der Waals surface area contributed by atoms with Gasteiger partial charge in [0.2, 0.25) is 0 Å². The third-order valence-electron chi connectivity index (χ3n) is 6.45. The van der Waals surface area contributed by atoms with Gasteiger partial charge in [-0.2, -0.15) is 0 Å². The molecule has 0 heterocycles. The lowest BCUT2D eigenvalue weighted by Crippen LogP contribution is -2.30. The van der Waals surface area contributed by atoms with Gasteiger partial charge in [-0.25, -0.2) is 0 Å². The maximum atomic E-state index is 5.92. The van der Waals surface area contributed by atoms with E-state index in [1.165, 1.54) is 0 Å². The van der Waals surface area contributed by atoms with Crippen molar-refractivity contribution in [3.63, 3.8) is 0 Å². The summed E-state index contributed by atoms with van der Waals surface area (Å²) in [5.41, 5.74) is 0. The molecule has 0 spiro atoms. The predicted octanol–water partition coefficient (Wildman–Crippen LogP) is 4.94. The molecule has 10 nitrogen and oxygen atoms in total. The molecule has 0 N–H and O–H groups in total. The fourth-order valence-corrected chi connectivity index (χ4v) is 3.32. The van der Waals surface area contributed by atoms with Gasteiger partial charge >= 0.3 is 0 Å². The first-order chi connectivity index (χ1) is 20.0. The monoisotopic (exact) mass is 610 g/mol. The predicted molar refractivity (Wildman–Crippen MR) is 165 cm³/mol. The molecule has 0 saturated carbocycles. The quantitative estimate of drug-likeness (QED) is 0.104. The molecule has 0 bridgehead atoms. The molecule has 0 rings (SSSR count). The SMILES string of the molecule is CCC(C)COC(C)COC(C)COC(C)COC(C)COC(C)COC(C)COC(C)COC(C)COCCOC. The second-order valence-electron chi connectivity index (χ2n) is 11.7. The molecule has 0 aromatic carbocycles. The van der Waals surface area contributed by atoms with E-state index in [0.29, 0.717) is 72.0 Å². The molecular weight excluding hydrogens is 544 g/mol. The van der Waals surface area contributed by atoms with E-state index in [2.05, 4.69) is 13.8 Å². The van der Waals surface area contributed by atoms with Crippen molar-refractivity contribution in [3.8, 4) is 0 Å². The zero-order chi connectivity index (χ0) is 31.8. The molecule has 0 radical (unpaired) electrons. The lowest BCUT2D eigenvalue weighted by Gasteiger charge is -2.23. The lowest BCUT2D eigenvalue weighted by molar-refractivity contribution is -0.110. The van der Waals surface area contributed by atoms with Crippen molar-refractivity contribution in [2.24, 2.45) is 5.92 Å². The van der Waals surface area contributed by atoms with Gasteiger partial charge in [0.25, 0.3) is 0 Å². The highest BCUT2D eigenvalue weighted by molar-refractivity contribution is 4.60. The number of hydrogen-bond donors (Lipinski definition) is 0. The first-order valence-electron chi connectivity index (χ1n) is 16.0. The third kappa shape index (κ3) is 26.0. The molecule has 9 atom stereocenters. The van der Waals surface area contributed by atoms with Crippen LogP contribution >= 0.6 is 0 Å². The molecule has 0 aromatic rings. The van der Waals surface area contributed by atoms with E-state index in [9.17, 15) is 0 Å². The molecule has 0 saturated heterocycles. The summed E-state index contributed by atoms with van der Waals surface area (Å²) in [6.45, 7) is 26.4. The maximum absolute atomic E-state index is 5.92. The van der Waals surface area contributed by atoms with Crippen LogP contribution in [0.4, 0.5) is 0 Å². The normalized spacial score (nSPS) is 18.6. The van der Waals surface area contributed by atoms with Gasteiger partial charge in [-0.15, -0.1) is 0 Å². The van der Waals surface area contributed by atoms with Gasteiger partial charge < -0.3 is 47.4 Å². The maximum Gasteiger partial charge on any atom is 0.0781 e. The van der Waals surface area contributed by atoms with Crippen LogP contribution in [0.2, 0.25) is 0 Å². The van der Waals surface area contributed by atoms with Crippen LogP contribution in [0.3, 0.4) is 0 Å². The molecule has 0 fully saturated rings. The highest BCUT2D eigenvalue weighted by Crippen LogP contribution is 2.07. The van der Waals surface area contributed by atoms with Crippen molar-refractivity contribution < 1.29 is 47.4 Å². The Morgan fingerprint density at radius 3 is 0.881 bits per heavy atom. The lowest BCUT2D eigenvalue weighted by atomic mass is 10.1. The number of hydrogen-bond acceptors (Lipinski definition) is 10. The highest BCUT2D eigenvalue weighted by Gasteiger charge is 2.15. The Morgan fingerprint density at radius 1 is 0.357 bits per heavy atom. The highest BCUT2D eigenvalue weighted by atomic mass is 16.6. The standard InChI is InChI=1S/C32H66O10/c1-12-24(2)15-35-26(4)17-37-28(6)19-39-30(8)21-41-32(10)23-42-31(9)22-40-29(7)20-38-27(5)18-36-25(3)16-34-14-13-33-11/h24-32H,12-23H2,1-11H3. The minimum atomic E-state index is -0.0542. The molecule has 0 aliphatic heterocycles. The summed E-state index contributed by atoms with van der Waals surface area (Å²) < 4.78 is 57.4. The molecular formula is C32H66O10. The summed E-state index contributed by atoms with van der Waals surface area (Å²) in [4.78, 5) is 0. The average Bonchev–Trinajstić information content (AvgIpc) is 2.98. The van der Waals surface area contributed by atoms with Crippen LogP contribution in [0.5, 0.6) is 0 Å². The number of rotatable bonds is 30. The van der Waals surface area contributed by atoms with Gasteiger partial charge in [0.05, 0.1) is 115 Å². The fourth-order valence-electron chi connectivity index (χ4n) is 3.32. The second-order valence-corrected chi connectivity index (χ2v) is 11.7. The van der Waals surface area contributed by atoms with Gasteiger partial charge in [-0.1, -0.05) is 20.3 Å². The van der Waals surface area contributed by atoms with Gasteiger partial charge in [0.15, 0.2) is 0 Å². The van der Waals surface area contributed by atoms with Crippen molar-refractivity contribution in [1.82, 2.24) is 0 Å². The van der Waals surface area contributed by atoms with E-state index >= 15 is 0 Å². The van der Waals surface area contributed by atoms with Crippen LogP contribution in [0.15, 0.2) is 0 Å². The van der Waals surface area contributed by atoms with Crippen LogP contribution in [0, 0.1) is 5.92 Å². The minimum Gasteiger partial charge on any atom is -0.382 e. The van der Waals surface area contributed by atoms with Crippen LogP contribution in [0.1, 0.15) is 75.7 Å². The molecule has 10 heteroatoms. The van der Waals surface area contributed by atoms with Crippen molar-refractivity contribution in [2.75, 3.05) is 79.8 Å². The van der Waals surface area contributed by atoms with Gasteiger partial charge in [0.1, 0.15) is 0 Å². The smallest absolute Gasteiger partial charge is 0.0781 e. The summed E-state index contributed by atoms with van der Waals surface area (Å²) in [6.07, 6.45) is 0.970. The Bertz CT molecular complexity index is 583. The Labute approximate surface area is 257 Å². The summed E-state index contributed by atoms with van der Waals surface area (Å²) in [6, 6.07) is 0. The third-order valence-corrected chi connectivity index (χ3v) is 6.45. The molecule has 42 heavy (non-hydrogen) atoms. The van der Waals surface area contributed by atoms with E-state index in [-0.39, 0.29) is 48.8 Å². The van der Waals surface area contributed by atoms with Crippen LogP contribution in [0.25, 0.3) is 0 Å². The van der Waals surface area contributed by atoms with E-state index in [1.807, 2.05) is 55.4 Å². The van der Waals surface area contributed by atoms with E-state index in [1.54, 1.807) is 7.11 Å². The van der Waals surface area contributed by atoms with Crippen LogP contribution in [-0.4, -0.2) is 129 Å². The van der Waals surface area contributed by atoms with E-state index < -0.39 is 0 Å². The Balaban J connectivity index is 3.86. The fraction of sp³-hybridized carbons (Fsp3) is 1.00. The zero-order valence-corrected chi connectivity index (χ0v) is 28.8. The summed E-state index contributed by atoms with van der Waals surface area (Å²) >= 11 is 0. The van der Waals surface area contributed by atoms with Crippen molar-refractivity contribution in [1.29, 1.82) is 0 Å². The molecule has 0 aliphatic carbocycles. The molecule has 254 valence electrons. The summed E-state index contributed by atoms with van der Waals surface area (Å²) in [5.74, 6) is 0.570. The Morgan fingerprint density at radius 2 is 0.619 bits per heavy atom. The Hall–Kier alpha value is -0.400. The van der Waals surface area contributed by atoms with Crippen LogP contribution in [-0.2, 0) is 47.4 Å². The van der Waals surface area contributed by atoms with Crippen molar-refractivity contribution in [3.05, 3.63) is 0 Å². The van der Waals surface area contributed by atoms with E-state index in [4.69, 9.17) is 47.4 Å². The molecule has 0 aliphatic rings. The van der Waals surface area contributed by atoms with Crippen molar-refractivity contribution >= 4 is 0 Å². The molecule has 9 unspecified atom stereocenters. The topological polar surface area (TPSA) is 92.3 Å². The first-order valence-corrected chi connectivity index (χ1v) is 16.0. The average molecular weight is 611 g/mol. The largest absolute Gasteiger partial charge is 0.382 e. The summed E-state index contributed by atoms with van der Waals surface area (Å²) in [5, 5.41) is 0. The molecule has 0 amide bonds. The first kappa shape index (κ1) is 41.6. The van der Waals surface area contributed by atoms with Gasteiger partial charge in [0, 0.05) is 13.7 Å². The summed E-state index contributed by atoms with van der Waals surface area (Å²) in [7, 11) is 1.66. The van der Waals surface area contributed by atoms with Gasteiger partial charge in [-0.05, 0) is 61.3 Å². The van der Waals surface area contributed by atoms with Crippen molar-refractivity contribution in [2.45, 2.75) is 124 Å². The molecule has 0 aromatic heterocycles. The van der Waals surface area contributed by atoms with Crippen LogP contribution < -0.4 is 0 Å². The zero-order valence-electron chi connectivity index (χ0n) is 28.8. The number of methoxy groups -OCH3 is 1. The minimum absolute atomic E-state index is 0.00357. The van der Waals surface area contributed by atoms with Gasteiger partial charge in [-0.3, -0.25) is 0 Å². The number of ether oxygens (including phenoxy) is 10.